The van der Waals surface area contributed by atoms with Crippen LogP contribution in [0.5, 0.6) is 0 Å². The molecule has 1 heterocycles. The molecule has 1 aromatic heterocycles. The van der Waals surface area contributed by atoms with Crippen LogP contribution in [0.4, 0.5) is 0 Å². The molecular weight excluding hydrogens is 479 g/mol. The summed E-state index contributed by atoms with van der Waals surface area (Å²) in [6.07, 6.45) is 2.05. The maximum Gasteiger partial charge on any atom is 0.194 e. The number of guanidine groups is 1. The highest BCUT2D eigenvalue weighted by molar-refractivity contribution is 14.0. The number of hydrogen-bond donors (Lipinski definition) is 1. The van der Waals surface area contributed by atoms with Crippen LogP contribution in [0.3, 0.4) is 0 Å². The Hall–Kier alpha value is -1.46. The van der Waals surface area contributed by atoms with Crippen LogP contribution in [0.15, 0.2) is 52.1 Å². The van der Waals surface area contributed by atoms with Crippen molar-refractivity contribution < 1.29 is 0 Å². The lowest BCUT2D eigenvalue weighted by atomic mass is 10.2. The van der Waals surface area contributed by atoms with E-state index in [1.165, 1.54) is 5.69 Å². The molecule has 0 aliphatic carbocycles. The number of benzene rings is 1. The normalized spacial score (nSPS) is 10.4. The van der Waals surface area contributed by atoms with Gasteiger partial charge >= 0.3 is 0 Å². The second-order valence-electron chi connectivity index (χ2n) is 5.19. The minimum atomic E-state index is 0. The van der Waals surface area contributed by atoms with Crippen LogP contribution in [-0.4, -0.2) is 36.1 Å². The SMILES string of the molecule is CN=C(NCC#Cc1ccccc1)N(C)Cc1cc(Br)cn1C.I. The molecule has 0 bridgehead atoms. The molecule has 0 fully saturated rings. The standard InChI is InChI=1S/C18H21BrN4.HI/c1-20-18(21-11-7-10-15-8-5-4-6-9-15)23(3)14-17-12-16(19)13-22(17)2;/h4-6,8-9,12-13H,11,14H2,1-3H3,(H,20,21);1H. The van der Waals surface area contributed by atoms with Crippen molar-refractivity contribution >= 4 is 45.9 Å². The predicted octanol–water partition coefficient (Wildman–Crippen LogP) is 3.46. The first kappa shape index (κ1) is 20.6. The highest BCUT2D eigenvalue weighted by Gasteiger charge is 2.08. The summed E-state index contributed by atoms with van der Waals surface area (Å²) < 4.78 is 3.18. The van der Waals surface area contributed by atoms with E-state index in [9.17, 15) is 0 Å². The van der Waals surface area contributed by atoms with Crippen LogP contribution in [0.1, 0.15) is 11.3 Å². The first-order chi connectivity index (χ1) is 11.1. The fraction of sp³-hybridized carbons (Fsp3) is 0.278. The first-order valence-corrected chi connectivity index (χ1v) is 8.16. The number of nitrogens with zero attached hydrogens (tertiary/aromatic N) is 3. The van der Waals surface area contributed by atoms with E-state index in [0.717, 1.165) is 22.5 Å². The zero-order chi connectivity index (χ0) is 16.7. The van der Waals surface area contributed by atoms with E-state index in [2.05, 4.69) is 53.6 Å². The molecular formula is C18H22BrIN4. The van der Waals surface area contributed by atoms with E-state index < -0.39 is 0 Å². The molecule has 0 radical (unpaired) electrons. The number of hydrogen-bond acceptors (Lipinski definition) is 1. The summed E-state index contributed by atoms with van der Waals surface area (Å²) in [7, 11) is 5.83. The van der Waals surface area contributed by atoms with E-state index in [1.54, 1.807) is 7.05 Å². The molecule has 0 atom stereocenters. The molecule has 4 nitrogen and oxygen atoms in total. The molecule has 0 unspecified atom stereocenters. The molecule has 24 heavy (non-hydrogen) atoms. The van der Waals surface area contributed by atoms with Crippen molar-refractivity contribution in [2.75, 3.05) is 20.6 Å². The van der Waals surface area contributed by atoms with Crippen molar-refractivity contribution in [1.82, 2.24) is 14.8 Å². The Bertz CT molecular complexity index is 728. The van der Waals surface area contributed by atoms with Crippen molar-refractivity contribution in [3.63, 3.8) is 0 Å². The molecule has 1 aromatic carbocycles. The number of rotatable bonds is 3. The molecule has 0 aliphatic heterocycles. The van der Waals surface area contributed by atoms with Gasteiger partial charge in [-0.2, -0.15) is 0 Å². The monoisotopic (exact) mass is 500 g/mol. The minimum Gasteiger partial charge on any atom is -0.352 e. The minimum absolute atomic E-state index is 0. The molecule has 0 saturated heterocycles. The Balaban J connectivity index is 0.00000288. The van der Waals surface area contributed by atoms with Gasteiger partial charge in [0.15, 0.2) is 5.96 Å². The second kappa shape index (κ2) is 10.4. The van der Waals surface area contributed by atoms with Gasteiger partial charge in [-0.3, -0.25) is 4.99 Å². The molecule has 2 aromatic rings. The summed E-state index contributed by atoms with van der Waals surface area (Å²) in [4.78, 5) is 6.38. The third kappa shape index (κ3) is 6.21. The molecule has 0 spiro atoms. The Labute approximate surface area is 169 Å². The Kier molecular flexibility index (Phi) is 8.93. The van der Waals surface area contributed by atoms with Crippen LogP contribution in [0, 0.1) is 11.8 Å². The number of halogens is 2. The van der Waals surface area contributed by atoms with Gasteiger partial charge in [-0.25, -0.2) is 0 Å². The molecule has 0 amide bonds. The Morgan fingerprint density at radius 1 is 1.33 bits per heavy atom. The lowest BCUT2D eigenvalue weighted by molar-refractivity contribution is 0.465. The molecule has 6 heteroatoms. The van der Waals surface area contributed by atoms with Crippen LogP contribution in [0.2, 0.25) is 0 Å². The molecule has 128 valence electrons. The largest absolute Gasteiger partial charge is 0.352 e. The van der Waals surface area contributed by atoms with E-state index in [4.69, 9.17) is 0 Å². The van der Waals surface area contributed by atoms with Gasteiger partial charge in [0.05, 0.1) is 13.1 Å². The average Bonchev–Trinajstić information content (AvgIpc) is 2.85. The molecule has 0 saturated carbocycles. The second-order valence-corrected chi connectivity index (χ2v) is 6.10. The van der Waals surface area contributed by atoms with Crippen LogP contribution >= 0.6 is 39.9 Å². The quantitative estimate of drug-likeness (QED) is 0.303. The molecule has 1 N–H and O–H groups in total. The van der Waals surface area contributed by atoms with Crippen molar-refractivity contribution in [2.24, 2.45) is 12.0 Å². The van der Waals surface area contributed by atoms with E-state index in [1.807, 2.05) is 50.6 Å². The smallest absolute Gasteiger partial charge is 0.194 e. The topological polar surface area (TPSA) is 32.6 Å². The van der Waals surface area contributed by atoms with Gasteiger partial charge in [0.2, 0.25) is 0 Å². The average molecular weight is 501 g/mol. The van der Waals surface area contributed by atoms with Crippen molar-refractivity contribution in [2.45, 2.75) is 6.54 Å². The number of aryl methyl sites for hydroxylation is 1. The fourth-order valence-electron chi connectivity index (χ4n) is 2.22. The number of nitrogens with one attached hydrogen (secondary N) is 1. The van der Waals surface area contributed by atoms with Crippen LogP contribution in [-0.2, 0) is 13.6 Å². The highest BCUT2D eigenvalue weighted by Crippen LogP contribution is 2.14. The van der Waals surface area contributed by atoms with Gasteiger partial charge in [-0.1, -0.05) is 30.0 Å². The molecule has 2 rings (SSSR count). The van der Waals surface area contributed by atoms with Crippen LogP contribution < -0.4 is 5.32 Å². The van der Waals surface area contributed by atoms with E-state index in [-0.39, 0.29) is 24.0 Å². The van der Waals surface area contributed by atoms with Gasteiger partial charge in [-0.05, 0) is 34.1 Å². The predicted molar refractivity (Wildman–Crippen MR) is 115 cm³/mol. The summed E-state index contributed by atoms with van der Waals surface area (Å²) in [6, 6.07) is 12.1. The van der Waals surface area contributed by atoms with Crippen molar-refractivity contribution in [1.29, 1.82) is 0 Å². The summed E-state index contributed by atoms with van der Waals surface area (Å²) in [5.74, 6) is 7.07. The first-order valence-electron chi connectivity index (χ1n) is 7.36. The number of aliphatic imine (C=N–C) groups is 1. The Morgan fingerprint density at radius 2 is 2.04 bits per heavy atom. The lowest BCUT2D eigenvalue weighted by Gasteiger charge is -2.21. The summed E-state index contributed by atoms with van der Waals surface area (Å²) in [5.41, 5.74) is 2.23. The van der Waals surface area contributed by atoms with Crippen LogP contribution in [0.25, 0.3) is 0 Å². The van der Waals surface area contributed by atoms with Gasteiger partial charge in [0.1, 0.15) is 0 Å². The number of aromatic nitrogens is 1. The van der Waals surface area contributed by atoms with Gasteiger partial charge in [0, 0.05) is 43.1 Å². The third-order valence-electron chi connectivity index (χ3n) is 3.39. The summed E-state index contributed by atoms with van der Waals surface area (Å²) in [6.45, 7) is 1.33. The summed E-state index contributed by atoms with van der Waals surface area (Å²) in [5, 5.41) is 3.27. The summed E-state index contributed by atoms with van der Waals surface area (Å²) >= 11 is 3.50. The lowest BCUT2D eigenvalue weighted by Crippen LogP contribution is -2.38. The maximum absolute atomic E-state index is 4.31. The zero-order valence-electron chi connectivity index (χ0n) is 14.1. The fourth-order valence-corrected chi connectivity index (χ4v) is 2.79. The molecule has 0 aliphatic rings. The Morgan fingerprint density at radius 3 is 2.62 bits per heavy atom. The van der Waals surface area contributed by atoms with Gasteiger partial charge in [0.25, 0.3) is 0 Å². The van der Waals surface area contributed by atoms with E-state index in [0.29, 0.717) is 6.54 Å². The van der Waals surface area contributed by atoms with Gasteiger partial charge in [-0.15, -0.1) is 24.0 Å². The zero-order valence-corrected chi connectivity index (χ0v) is 18.0. The van der Waals surface area contributed by atoms with E-state index >= 15 is 0 Å². The highest BCUT2D eigenvalue weighted by atomic mass is 127. The van der Waals surface area contributed by atoms with Crippen molar-refractivity contribution in [3.05, 3.63) is 58.3 Å². The van der Waals surface area contributed by atoms with Gasteiger partial charge < -0.3 is 14.8 Å². The third-order valence-corrected chi connectivity index (χ3v) is 3.82. The maximum atomic E-state index is 4.31. The van der Waals surface area contributed by atoms with Crippen molar-refractivity contribution in [3.8, 4) is 11.8 Å².